The molecule has 3 aliphatic heterocycles. The van der Waals surface area contributed by atoms with Crippen molar-refractivity contribution < 1.29 is 19.1 Å². The highest BCUT2D eigenvalue weighted by Gasteiger charge is 2.64. The first-order valence-corrected chi connectivity index (χ1v) is 12.1. The molecule has 8 heteroatoms. The Morgan fingerprint density at radius 2 is 1.82 bits per heavy atom. The van der Waals surface area contributed by atoms with Crippen molar-refractivity contribution in [1.29, 1.82) is 0 Å². The standard InChI is InChI=1S/C26H19ClN2O4S/c1-33-18-9-8-15(27)13-17(18)29-25(31)20-21(26(29)32)23(24(30)19-7-4-12-34-19)28-11-10-14-5-2-3-6-16(14)22(20)28/h2-13,20-23H,1H3/t20-,21+,22?,23-/m0/s1. The second-order valence-electron chi connectivity index (χ2n) is 8.50. The smallest absolute Gasteiger partial charge is 0.240 e. The van der Waals surface area contributed by atoms with E-state index in [2.05, 4.69) is 0 Å². The summed E-state index contributed by atoms with van der Waals surface area (Å²) < 4.78 is 5.44. The number of amides is 2. The second-order valence-corrected chi connectivity index (χ2v) is 9.89. The Morgan fingerprint density at radius 1 is 1.03 bits per heavy atom. The van der Waals surface area contributed by atoms with E-state index in [9.17, 15) is 14.4 Å². The highest BCUT2D eigenvalue weighted by molar-refractivity contribution is 7.12. The van der Waals surface area contributed by atoms with Gasteiger partial charge in [-0.2, -0.15) is 0 Å². The number of carbonyl (C=O) groups excluding carboxylic acids is 3. The molecule has 2 amide bonds. The molecule has 1 unspecified atom stereocenters. The molecule has 2 aromatic carbocycles. The summed E-state index contributed by atoms with van der Waals surface area (Å²) in [5.74, 6) is -2.09. The molecular weight excluding hydrogens is 472 g/mol. The number of ketones is 1. The van der Waals surface area contributed by atoms with E-state index >= 15 is 0 Å². The van der Waals surface area contributed by atoms with E-state index in [0.29, 0.717) is 21.3 Å². The number of benzene rings is 2. The normalized spacial score (nSPS) is 24.8. The molecule has 0 saturated carbocycles. The zero-order valence-corrected chi connectivity index (χ0v) is 19.6. The number of imide groups is 1. The Hall–Kier alpha value is -3.42. The molecule has 0 aliphatic carbocycles. The van der Waals surface area contributed by atoms with Crippen LogP contribution in [0.4, 0.5) is 5.69 Å². The summed E-state index contributed by atoms with van der Waals surface area (Å²) in [5, 5.41) is 2.22. The van der Waals surface area contributed by atoms with Gasteiger partial charge in [-0.15, -0.1) is 11.3 Å². The molecule has 2 fully saturated rings. The van der Waals surface area contributed by atoms with Gasteiger partial charge in [0.2, 0.25) is 11.8 Å². The van der Waals surface area contributed by atoms with Crippen LogP contribution >= 0.6 is 22.9 Å². The number of anilines is 1. The quantitative estimate of drug-likeness (QED) is 0.388. The number of nitrogens with zero attached hydrogens (tertiary/aromatic N) is 2. The number of rotatable bonds is 4. The molecule has 0 radical (unpaired) electrons. The molecule has 4 atom stereocenters. The van der Waals surface area contributed by atoms with Gasteiger partial charge in [-0.05, 0) is 46.8 Å². The fraction of sp³-hybridized carbons (Fsp3) is 0.192. The number of Topliss-reactive ketones (excluding diaryl/α,β-unsaturated/α-hetero) is 1. The molecule has 170 valence electrons. The van der Waals surface area contributed by atoms with E-state index in [1.54, 1.807) is 24.3 Å². The van der Waals surface area contributed by atoms with E-state index in [1.807, 2.05) is 52.9 Å². The summed E-state index contributed by atoms with van der Waals surface area (Å²) in [6.07, 6.45) is 3.79. The van der Waals surface area contributed by atoms with Crippen LogP contribution in [0.25, 0.3) is 6.08 Å². The first-order valence-electron chi connectivity index (χ1n) is 10.8. The molecule has 0 spiro atoms. The summed E-state index contributed by atoms with van der Waals surface area (Å²) in [5.41, 5.74) is 2.21. The van der Waals surface area contributed by atoms with Crippen LogP contribution in [0.1, 0.15) is 26.8 Å². The van der Waals surface area contributed by atoms with Crippen molar-refractivity contribution in [2.75, 3.05) is 12.0 Å². The Kier molecular flexibility index (Phi) is 4.86. The Labute approximate surface area is 205 Å². The van der Waals surface area contributed by atoms with Gasteiger partial charge in [0.15, 0.2) is 5.78 Å². The van der Waals surface area contributed by atoms with E-state index in [-0.39, 0.29) is 11.7 Å². The number of methoxy groups -OCH3 is 1. The van der Waals surface area contributed by atoms with Crippen LogP contribution in [0.15, 0.2) is 66.2 Å². The van der Waals surface area contributed by atoms with Crippen LogP contribution in [0.2, 0.25) is 5.02 Å². The van der Waals surface area contributed by atoms with E-state index in [1.165, 1.54) is 18.4 Å². The summed E-state index contributed by atoms with van der Waals surface area (Å²) >= 11 is 7.55. The summed E-state index contributed by atoms with van der Waals surface area (Å²) in [6.45, 7) is 0. The average Bonchev–Trinajstić information content (AvgIpc) is 3.55. The van der Waals surface area contributed by atoms with Crippen LogP contribution in [0.3, 0.4) is 0 Å². The minimum atomic E-state index is -0.827. The van der Waals surface area contributed by atoms with Crippen molar-refractivity contribution in [3.8, 4) is 5.75 Å². The van der Waals surface area contributed by atoms with Gasteiger partial charge in [0, 0.05) is 11.2 Å². The Balaban J connectivity index is 1.52. The number of carbonyl (C=O) groups is 3. The molecule has 34 heavy (non-hydrogen) atoms. The van der Waals surface area contributed by atoms with Crippen LogP contribution in [-0.2, 0) is 9.59 Å². The maximum atomic E-state index is 13.9. The Bertz CT molecular complexity index is 1370. The minimum Gasteiger partial charge on any atom is -0.495 e. The van der Waals surface area contributed by atoms with Gasteiger partial charge < -0.3 is 9.64 Å². The van der Waals surface area contributed by atoms with Gasteiger partial charge in [0.05, 0.1) is 35.6 Å². The zero-order chi connectivity index (χ0) is 23.6. The molecule has 3 aliphatic rings. The monoisotopic (exact) mass is 490 g/mol. The molecule has 0 N–H and O–H groups in total. The van der Waals surface area contributed by atoms with Crippen molar-refractivity contribution in [2.45, 2.75) is 12.1 Å². The maximum Gasteiger partial charge on any atom is 0.240 e. The summed E-state index contributed by atoms with van der Waals surface area (Å²) in [7, 11) is 1.48. The first kappa shape index (κ1) is 21.1. The van der Waals surface area contributed by atoms with E-state index in [0.717, 1.165) is 16.0 Å². The second kappa shape index (κ2) is 7.82. The van der Waals surface area contributed by atoms with Crippen LogP contribution in [0.5, 0.6) is 5.75 Å². The fourth-order valence-corrected chi connectivity index (χ4v) is 6.36. The number of halogens is 1. The largest absolute Gasteiger partial charge is 0.495 e. The van der Waals surface area contributed by atoms with Gasteiger partial charge in [0.1, 0.15) is 11.8 Å². The zero-order valence-electron chi connectivity index (χ0n) is 18.1. The maximum absolute atomic E-state index is 13.9. The lowest BCUT2D eigenvalue weighted by Crippen LogP contribution is -2.44. The van der Waals surface area contributed by atoms with Crippen molar-refractivity contribution in [2.24, 2.45) is 11.8 Å². The predicted molar refractivity (Wildman–Crippen MR) is 130 cm³/mol. The molecule has 0 bridgehead atoms. The highest BCUT2D eigenvalue weighted by atomic mass is 35.5. The number of ether oxygens (including phenoxy) is 1. The third-order valence-corrected chi connectivity index (χ3v) is 8.00. The molecular formula is C26H19ClN2O4S. The third-order valence-electron chi connectivity index (χ3n) is 6.88. The van der Waals surface area contributed by atoms with Crippen molar-refractivity contribution in [3.63, 3.8) is 0 Å². The van der Waals surface area contributed by atoms with Crippen LogP contribution in [0, 0.1) is 11.8 Å². The lowest BCUT2D eigenvalue weighted by Gasteiger charge is -2.35. The first-order chi connectivity index (χ1) is 16.5. The third kappa shape index (κ3) is 2.90. The van der Waals surface area contributed by atoms with Gasteiger partial charge in [-0.1, -0.05) is 41.9 Å². The van der Waals surface area contributed by atoms with E-state index in [4.69, 9.17) is 16.3 Å². The van der Waals surface area contributed by atoms with Crippen molar-refractivity contribution >= 4 is 52.3 Å². The number of fused-ring (bicyclic) bond motifs is 5. The molecule has 1 aromatic heterocycles. The number of hydrogen-bond acceptors (Lipinski definition) is 6. The molecule has 2 saturated heterocycles. The SMILES string of the molecule is COc1ccc(Cl)cc1N1C(=O)[C@@H]2[C@H](C1=O)C1c3ccccc3C=CN1[C@@H]2C(=O)c1cccs1. The molecule has 6 rings (SSSR count). The number of hydrogen-bond donors (Lipinski definition) is 0. The lowest BCUT2D eigenvalue weighted by atomic mass is 9.84. The van der Waals surface area contributed by atoms with Gasteiger partial charge >= 0.3 is 0 Å². The predicted octanol–water partition coefficient (Wildman–Crippen LogP) is 4.81. The van der Waals surface area contributed by atoms with Crippen molar-refractivity contribution in [1.82, 2.24) is 4.90 Å². The Morgan fingerprint density at radius 3 is 2.59 bits per heavy atom. The van der Waals surface area contributed by atoms with Gasteiger partial charge in [-0.25, -0.2) is 4.90 Å². The van der Waals surface area contributed by atoms with Gasteiger partial charge in [0.25, 0.3) is 0 Å². The van der Waals surface area contributed by atoms with Gasteiger partial charge in [-0.3, -0.25) is 14.4 Å². The minimum absolute atomic E-state index is 0.155. The van der Waals surface area contributed by atoms with E-state index < -0.39 is 29.8 Å². The average molecular weight is 491 g/mol. The molecule has 3 aromatic rings. The van der Waals surface area contributed by atoms with Crippen LogP contribution < -0.4 is 9.64 Å². The summed E-state index contributed by atoms with van der Waals surface area (Å²) in [6, 6.07) is 15.0. The highest BCUT2D eigenvalue weighted by Crippen LogP contribution is 2.54. The molecule has 6 nitrogen and oxygen atoms in total. The van der Waals surface area contributed by atoms with Crippen molar-refractivity contribution in [3.05, 3.63) is 87.2 Å². The lowest BCUT2D eigenvalue weighted by molar-refractivity contribution is -0.123. The number of thiophene rings is 1. The summed E-state index contributed by atoms with van der Waals surface area (Å²) in [4.78, 5) is 45.2. The topological polar surface area (TPSA) is 66.9 Å². The fourth-order valence-electron chi connectivity index (χ4n) is 5.50. The molecule has 4 heterocycles. The van der Waals surface area contributed by atoms with Crippen LogP contribution in [-0.4, -0.2) is 35.6 Å².